The quantitative estimate of drug-likeness (QED) is 0.455. The predicted molar refractivity (Wildman–Crippen MR) is 57.8 cm³/mol. The monoisotopic (exact) mass is 246 g/mol. The minimum atomic E-state index is -1.30. The van der Waals surface area contributed by atoms with E-state index in [0.29, 0.717) is 0 Å². The largest absolute Gasteiger partial charge is 0.389 e. The molecule has 7 heteroatoms. The molecule has 98 valence electrons. The minimum Gasteiger partial charge on any atom is -0.389 e. The van der Waals surface area contributed by atoms with E-state index in [1.165, 1.54) is 13.8 Å². The van der Waals surface area contributed by atoms with Gasteiger partial charge in [0.05, 0.1) is 12.1 Å². The van der Waals surface area contributed by atoms with Gasteiger partial charge in [-0.3, -0.25) is 9.59 Å². The molecule has 1 rings (SSSR count). The van der Waals surface area contributed by atoms with Crippen LogP contribution in [-0.2, 0) is 14.3 Å². The summed E-state index contributed by atoms with van der Waals surface area (Å²) in [6.07, 6.45) is -2.95. The lowest BCUT2D eigenvalue weighted by molar-refractivity contribution is -0.214. The maximum Gasteiger partial charge on any atom is 0.217 e. The molecular formula is C10H18N2O5. The molecule has 7 nitrogen and oxygen atoms in total. The average molecular weight is 246 g/mol. The molecule has 0 aromatic rings. The summed E-state index contributed by atoms with van der Waals surface area (Å²) in [5, 5.41) is 24.5. The zero-order chi connectivity index (χ0) is 13.2. The highest BCUT2D eigenvalue weighted by molar-refractivity contribution is 5.74. The van der Waals surface area contributed by atoms with E-state index in [2.05, 4.69) is 10.6 Å². The van der Waals surface area contributed by atoms with Crippen molar-refractivity contribution < 1.29 is 24.5 Å². The van der Waals surface area contributed by atoms with Crippen LogP contribution in [0.25, 0.3) is 0 Å². The fourth-order valence-electron chi connectivity index (χ4n) is 1.89. The molecule has 1 aliphatic rings. The van der Waals surface area contributed by atoms with Crippen molar-refractivity contribution in [2.24, 2.45) is 0 Å². The second kappa shape index (κ2) is 5.44. The lowest BCUT2D eigenvalue weighted by Gasteiger charge is -2.42. The second-order valence-electron chi connectivity index (χ2n) is 4.17. The van der Waals surface area contributed by atoms with Gasteiger partial charge in [-0.1, -0.05) is 0 Å². The normalized spacial score (nSPS) is 37.4. The third-order valence-electron chi connectivity index (χ3n) is 2.64. The van der Waals surface area contributed by atoms with Gasteiger partial charge in [0.25, 0.3) is 0 Å². The van der Waals surface area contributed by atoms with Gasteiger partial charge in [-0.25, -0.2) is 0 Å². The molecule has 0 spiro atoms. The number of amides is 2. The van der Waals surface area contributed by atoms with Crippen molar-refractivity contribution in [3.05, 3.63) is 0 Å². The Morgan fingerprint density at radius 1 is 1.06 bits per heavy atom. The predicted octanol–water partition coefficient (Wildman–Crippen LogP) is -1.91. The minimum absolute atomic E-state index is 0.317. The van der Waals surface area contributed by atoms with Crippen molar-refractivity contribution in [3.63, 3.8) is 0 Å². The maximum atomic E-state index is 11.0. The van der Waals surface area contributed by atoms with Gasteiger partial charge < -0.3 is 25.6 Å². The molecule has 1 saturated heterocycles. The van der Waals surface area contributed by atoms with Gasteiger partial charge in [0.2, 0.25) is 11.8 Å². The van der Waals surface area contributed by atoms with Crippen molar-refractivity contribution in [3.8, 4) is 0 Å². The number of hydrogen-bond acceptors (Lipinski definition) is 5. The molecule has 0 aromatic carbocycles. The van der Waals surface area contributed by atoms with Gasteiger partial charge in [0.1, 0.15) is 12.1 Å². The molecule has 2 amide bonds. The highest BCUT2D eigenvalue weighted by atomic mass is 16.6. The van der Waals surface area contributed by atoms with E-state index in [9.17, 15) is 19.8 Å². The van der Waals surface area contributed by atoms with Gasteiger partial charge in [0, 0.05) is 13.8 Å². The SMILES string of the molecule is CC(=O)NC1[C@H](O)OC(C)[C@@H](NC(C)=O)[C@@H]1O. The third kappa shape index (κ3) is 3.39. The molecule has 4 N–H and O–H groups in total. The molecule has 0 saturated carbocycles. The smallest absolute Gasteiger partial charge is 0.217 e. The number of aliphatic hydroxyl groups is 2. The zero-order valence-corrected chi connectivity index (χ0v) is 10.0. The van der Waals surface area contributed by atoms with Gasteiger partial charge in [-0.2, -0.15) is 0 Å². The topological polar surface area (TPSA) is 108 Å². The van der Waals surface area contributed by atoms with Gasteiger partial charge >= 0.3 is 0 Å². The number of carbonyl (C=O) groups is 2. The first-order valence-electron chi connectivity index (χ1n) is 5.38. The van der Waals surface area contributed by atoms with Gasteiger partial charge in [-0.05, 0) is 6.92 Å². The van der Waals surface area contributed by atoms with Crippen LogP contribution in [0.5, 0.6) is 0 Å². The molecule has 1 heterocycles. The Hall–Kier alpha value is -1.18. The summed E-state index contributed by atoms with van der Waals surface area (Å²) >= 11 is 0. The Labute approximate surface area is 99.1 Å². The Bertz CT molecular complexity index is 281. The average Bonchev–Trinajstić information content (AvgIpc) is 2.18. The van der Waals surface area contributed by atoms with E-state index >= 15 is 0 Å². The molecule has 0 radical (unpaired) electrons. The number of hydrogen-bond donors (Lipinski definition) is 4. The summed E-state index contributed by atoms with van der Waals surface area (Å²) in [7, 11) is 0. The van der Waals surface area contributed by atoms with Crippen LogP contribution in [0.2, 0.25) is 0 Å². The first-order chi connectivity index (χ1) is 7.82. The lowest BCUT2D eigenvalue weighted by atomic mass is 9.95. The Morgan fingerprint density at radius 3 is 2.00 bits per heavy atom. The first kappa shape index (κ1) is 13.9. The Morgan fingerprint density at radius 2 is 1.53 bits per heavy atom. The van der Waals surface area contributed by atoms with E-state index in [1.807, 2.05) is 0 Å². The van der Waals surface area contributed by atoms with E-state index in [-0.39, 0.29) is 5.91 Å². The number of nitrogens with one attached hydrogen (secondary N) is 2. The third-order valence-corrected chi connectivity index (χ3v) is 2.64. The van der Waals surface area contributed by atoms with Crippen LogP contribution in [0.4, 0.5) is 0 Å². The number of rotatable bonds is 2. The highest BCUT2D eigenvalue weighted by Gasteiger charge is 2.43. The fourth-order valence-corrected chi connectivity index (χ4v) is 1.89. The second-order valence-corrected chi connectivity index (χ2v) is 4.17. The maximum absolute atomic E-state index is 11.0. The van der Waals surface area contributed by atoms with E-state index < -0.39 is 36.5 Å². The summed E-state index contributed by atoms with van der Waals surface area (Å²) in [5.74, 6) is -0.713. The molecule has 17 heavy (non-hydrogen) atoms. The van der Waals surface area contributed by atoms with Crippen LogP contribution in [0.1, 0.15) is 20.8 Å². The first-order valence-corrected chi connectivity index (χ1v) is 5.38. The van der Waals surface area contributed by atoms with Crippen LogP contribution in [0.15, 0.2) is 0 Å². The number of ether oxygens (including phenoxy) is 1. The van der Waals surface area contributed by atoms with Crippen LogP contribution in [0.3, 0.4) is 0 Å². The van der Waals surface area contributed by atoms with E-state index in [0.717, 1.165) is 0 Å². The molecule has 0 aliphatic carbocycles. The summed E-state index contributed by atoms with van der Waals surface area (Å²) in [6, 6.07) is -1.63. The van der Waals surface area contributed by atoms with Crippen LogP contribution in [0, 0.1) is 0 Å². The highest BCUT2D eigenvalue weighted by Crippen LogP contribution is 2.19. The molecule has 2 unspecified atom stereocenters. The summed E-state index contributed by atoms with van der Waals surface area (Å²) in [4.78, 5) is 21.9. The van der Waals surface area contributed by atoms with Crippen LogP contribution in [-0.4, -0.2) is 52.6 Å². The zero-order valence-electron chi connectivity index (χ0n) is 10.0. The number of aliphatic hydroxyl groups excluding tert-OH is 2. The number of carbonyl (C=O) groups excluding carboxylic acids is 2. The summed E-state index contributed by atoms with van der Waals surface area (Å²) in [6.45, 7) is 4.21. The van der Waals surface area contributed by atoms with Gasteiger partial charge in [0.15, 0.2) is 6.29 Å². The Kier molecular flexibility index (Phi) is 4.44. The van der Waals surface area contributed by atoms with Crippen LogP contribution < -0.4 is 10.6 Å². The lowest BCUT2D eigenvalue weighted by Crippen LogP contribution is -2.66. The van der Waals surface area contributed by atoms with Crippen molar-refractivity contribution in [1.29, 1.82) is 0 Å². The van der Waals surface area contributed by atoms with E-state index in [1.54, 1.807) is 6.92 Å². The van der Waals surface area contributed by atoms with Crippen molar-refractivity contribution in [1.82, 2.24) is 10.6 Å². The molecule has 5 atom stereocenters. The fraction of sp³-hybridized carbons (Fsp3) is 0.800. The summed E-state index contributed by atoms with van der Waals surface area (Å²) < 4.78 is 5.15. The van der Waals surface area contributed by atoms with Crippen LogP contribution >= 0.6 is 0 Å². The molecular weight excluding hydrogens is 228 g/mol. The standard InChI is InChI=1S/C10H18N2O5/c1-4-7(11-5(2)13)9(15)8(10(16)17-4)12-6(3)14/h4,7-10,15-16H,1-3H3,(H,11,13)(H,12,14)/t4?,7-,8?,9+,10-/m1/s1. The van der Waals surface area contributed by atoms with Gasteiger partial charge in [-0.15, -0.1) is 0 Å². The summed E-state index contributed by atoms with van der Waals surface area (Å²) in [5.41, 5.74) is 0. The molecule has 0 aromatic heterocycles. The van der Waals surface area contributed by atoms with Crippen molar-refractivity contribution in [2.75, 3.05) is 0 Å². The Balaban J connectivity index is 2.78. The molecule has 1 aliphatic heterocycles. The van der Waals surface area contributed by atoms with Crippen molar-refractivity contribution >= 4 is 11.8 Å². The van der Waals surface area contributed by atoms with Crippen molar-refractivity contribution in [2.45, 2.75) is 51.4 Å². The molecule has 1 fully saturated rings. The molecule has 0 bridgehead atoms. The van der Waals surface area contributed by atoms with E-state index in [4.69, 9.17) is 4.74 Å².